The van der Waals surface area contributed by atoms with Crippen molar-refractivity contribution < 1.29 is 32.6 Å². The molecule has 1 amide bonds. The summed E-state index contributed by atoms with van der Waals surface area (Å²) in [6.07, 6.45) is -5.35. The lowest BCUT2D eigenvalue weighted by molar-refractivity contribution is -0.142. The molecular formula is C15H16F3NO4S. The maximum absolute atomic E-state index is 13.1. The molecule has 132 valence electrons. The van der Waals surface area contributed by atoms with Crippen LogP contribution in [0.3, 0.4) is 0 Å². The molecule has 0 bridgehead atoms. The molecule has 1 unspecified atom stereocenters. The van der Waals surface area contributed by atoms with Crippen molar-refractivity contribution in [3.63, 3.8) is 0 Å². The van der Waals surface area contributed by atoms with E-state index in [1.165, 1.54) is 23.1 Å². The van der Waals surface area contributed by atoms with E-state index in [-0.39, 0.29) is 42.7 Å². The van der Waals surface area contributed by atoms with Gasteiger partial charge in [0.05, 0.1) is 30.2 Å². The predicted molar refractivity (Wildman–Crippen MR) is 81.7 cm³/mol. The fourth-order valence-corrected chi connectivity index (χ4v) is 3.05. The number of hydrogen-bond acceptors (Lipinski definition) is 4. The first-order valence-electron chi connectivity index (χ1n) is 7.14. The number of carbonyl (C=O) groups is 2. The van der Waals surface area contributed by atoms with Gasteiger partial charge in [-0.2, -0.15) is 13.2 Å². The van der Waals surface area contributed by atoms with Crippen LogP contribution in [0.4, 0.5) is 13.2 Å². The number of carboxylic acid groups (broad SMARTS) is 1. The summed E-state index contributed by atoms with van der Waals surface area (Å²) in [7, 11) is 0. The van der Waals surface area contributed by atoms with Crippen molar-refractivity contribution in [2.24, 2.45) is 0 Å². The molecule has 24 heavy (non-hydrogen) atoms. The van der Waals surface area contributed by atoms with E-state index in [1.54, 1.807) is 0 Å². The maximum Gasteiger partial charge on any atom is 0.416 e. The number of nitrogens with zero attached hydrogens (tertiary/aromatic N) is 1. The number of halogens is 3. The van der Waals surface area contributed by atoms with Crippen LogP contribution in [-0.2, 0) is 20.5 Å². The van der Waals surface area contributed by atoms with E-state index in [1.807, 2.05) is 0 Å². The molecular weight excluding hydrogens is 347 g/mol. The second kappa shape index (κ2) is 7.89. The van der Waals surface area contributed by atoms with Crippen LogP contribution >= 0.6 is 11.8 Å². The molecule has 0 saturated carbocycles. The van der Waals surface area contributed by atoms with Crippen molar-refractivity contribution in [2.75, 3.05) is 31.2 Å². The molecule has 1 saturated heterocycles. The summed E-state index contributed by atoms with van der Waals surface area (Å²) in [6, 6.07) is 5.14. The van der Waals surface area contributed by atoms with Crippen molar-refractivity contribution in [1.82, 2.24) is 4.90 Å². The van der Waals surface area contributed by atoms with Gasteiger partial charge in [-0.3, -0.25) is 9.59 Å². The van der Waals surface area contributed by atoms with Gasteiger partial charge in [-0.25, -0.2) is 0 Å². The lowest BCUT2D eigenvalue weighted by Crippen LogP contribution is -2.43. The normalized spacial score (nSPS) is 18.5. The van der Waals surface area contributed by atoms with Gasteiger partial charge in [0, 0.05) is 6.54 Å². The highest BCUT2D eigenvalue weighted by molar-refractivity contribution is 8.00. The Bertz CT molecular complexity index is 609. The summed E-state index contributed by atoms with van der Waals surface area (Å²) in [4.78, 5) is 23.9. The van der Waals surface area contributed by atoms with Gasteiger partial charge in [0.15, 0.2) is 0 Å². The molecule has 2 rings (SSSR count). The number of ether oxygens (including phenoxy) is 1. The molecule has 0 aromatic heterocycles. The van der Waals surface area contributed by atoms with E-state index in [9.17, 15) is 22.8 Å². The molecule has 1 heterocycles. The zero-order valence-electron chi connectivity index (χ0n) is 12.6. The van der Waals surface area contributed by atoms with E-state index in [2.05, 4.69) is 0 Å². The summed E-state index contributed by atoms with van der Waals surface area (Å²) in [5, 5.41) is 8.56. The number of carbonyl (C=O) groups excluding carboxylic acids is 1. The Kier molecular flexibility index (Phi) is 6.11. The Morgan fingerprint density at radius 2 is 2.00 bits per heavy atom. The van der Waals surface area contributed by atoms with Crippen molar-refractivity contribution >= 4 is 23.6 Å². The quantitative estimate of drug-likeness (QED) is 0.870. The zero-order chi connectivity index (χ0) is 17.7. The number of thioether (sulfide) groups is 1. The van der Waals surface area contributed by atoms with Gasteiger partial charge in [-0.15, -0.1) is 11.8 Å². The van der Waals surface area contributed by atoms with Gasteiger partial charge in [0.1, 0.15) is 6.10 Å². The van der Waals surface area contributed by atoms with E-state index >= 15 is 0 Å². The Hall–Kier alpha value is -1.74. The topological polar surface area (TPSA) is 66.8 Å². The van der Waals surface area contributed by atoms with E-state index in [0.717, 1.165) is 17.8 Å². The first kappa shape index (κ1) is 18.6. The third kappa shape index (κ3) is 4.88. The van der Waals surface area contributed by atoms with Crippen molar-refractivity contribution in [3.05, 3.63) is 35.4 Å². The summed E-state index contributed by atoms with van der Waals surface area (Å²) in [6.45, 7) is 0.420. The minimum absolute atomic E-state index is 0.000638. The Morgan fingerprint density at radius 1 is 1.29 bits per heavy atom. The number of rotatable bonds is 5. The highest BCUT2D eigenvalue weighted by Gasteiger charge is 2.36. The number of amides is 1. The Morgan fingerprint density at radius 3 is 2.67 bits per heavy atom. The molecule has 0 spiro atoms. The van der Waals surface area contributed by atoms with Crippen LogP contribution in [0.1, 0.15) is 17.2 Å². The first-order chi connectivity index (χ1) is 11.3. The SMILES string of the molecule is O=C(O)CSCC(=O)N1CCOC(c2ccccc2C(F)(F)F)C1. The molecule has 1 fully saturated rings. The van der Waals surface area contributed by atoms with Crippen LogP contribution in [0.25, 0.3) is 0 Å². The average molecular weight is 363 g/mol. The number of aliphatic carboxylic acids is 1. The first-order valence-corrected chi connectivity index (χ1v) is 8.29. The highest BCUT2D eigenvalue weighted by Crippen LogP contribution is 2.36. The molecule has 1 aliphatic rings. The summed E-state index contributed by atoms with van der Waals surface area (Å²) < 4.78 is 44.7. The van der Waals surface area contributed by atoms with Gasteiger partial charge in [-0.05, 0) is 11.6 Å². The molecule has 1 atom stereocenters. The molecule has 0 aliphatic carbocycles. The zero-order valence-corrected chi connectivity index (χ0v) is 13.4. The van der Waals surface area contributed by atoms with E-state index in [4.69, 9.17) is 9.84 Å². The van der Waals surface area contributed by atoms with Gasteiger partial charge in [-0.1, -0.05) is 18.2 Å². The third-order valence-electron chi connectivity index (χ3n) is 3.48. The van der Waals surface area contributed by atoms with Gasteiger partial charge in [0.25, 0.3) is 0 Å². The molecule has 1 aliphatic heterocycles. The number of benzene rings is 1. The molecule has 5 nitrogen and oxygen atoms in total. The monoisotopic (exact) mass is 363 g/mol. The third-order valence-corrected chi connectivity index (χ3v) is 4.39. The minimum Gasteiger partial charge on any atom is -0.481 e. The maximum atomic E-state index is 13.1. The standard InChI is InChI=1S/C15H16F3NO4S/c16-15(17,18)11-4-2-1-3-10(11)12-7-19(5-6-23-12)13(20)8-24-9-14(21)22/h1-4,12H,5-9H2,(H,21,22). The summed E-state index contributed by atoms with van der Waals surface area (Å²) in [5.74, 6) is -1.55. The molecule has 1 N–H and O–H groups in total. The van der Waals surface area contributed by atoms with Crippen molar-refractivity contribution in [3.8, 4) is 0 Å². The summed E-state index contributed by atoms with van der Waals surface area (Å²) in [5.41, 5.74) is -0.773. The summed E-state index contributed by atoms with van der Waals surface area (Å²) >= 11 is 0.956. The second-order valence-electron chi connectivity index (χ2n) is 5.17. The Labute approximate surface area is 140 Å². The highest BCUT2D eigenvalue weighted by atomic mass is 32.2. The van der Waals surface area contributed by atoms with Gasteiger partial charge < -0.3 is 14.7 Å². The number of alkyl halides is 3. The molecule has 1 aromatic carbocycles. The van der Waals surface area contributed by atoms with Gasteiger partial charge >= 0.3 is 12.1 Å². The smallest absolute Gasteiger partial charge is 0.416 e. The van der Waals surface area contributed by atoms with E-state index in [0.29, 0.717) is 0 Å². The Balaban J connectivity index is 2.06. The van der Waals surface area contributed by atoms with Crippen LogP contribution in [0.5, 0.6) is 0 Å². The predicted octanol–water partition coefficient (Wildman–Crippen LogP) is 2.42. The van der Waals surface area contributed by atoms with Crippen molar-refractivity contribution in [2.45, 2.75) is 12.3 Å². The fraction of sp³-hybridized carbons (Fsp3) is 0.467. The molecule has 1 aromatic rings. The van der Waals surface area contributed by atoms with Crippen LogP contribution in [0.15, 0.2) is 24.3 Å². The van der Waals surface area contributed by atoms with Gasteiger partial charge in [0.2, 0.25) is 5.91 Å². The second-order valence-corrected chi connectivity index (χ2v) is 6.16. The lowest BCUT2D eigenvalue weighted by Gasteiger charge is -2.34. The average Bonchev–Trinajstić information content (AvgIpc) is 2.54. The fourth-order valence-electron chi connectivity index (χ4n) is 2.42. The molecule has 0 radical (unpaired) electrons. The van der Waals surface area contributed by atoms with Crippen LogP contribution < -0.4 is 0 Å². The van der Waals surface area contributed by atoms with Crippen molar-refractivity contribution in [1.29, 1.82) is 0 Å². The van der Waals surface area contributed by atoms with E-state index < -0.39 is 23.8 Å². The largest absolute Gasteiger partial charge is 0.481 e. The van der Waals surface area contributed by atoms with Crippen LogP contribution in [-0.4, -0.2) is 53.1 Å². The molecule has 9 heteroatoms. The number of morpholine rings is 1. The minimum atomic E-state index is -4.50. The van der Waals surface area contributed by atoms with Crippen LogP contribution in [0, 0.1) is 0 Å². The van der Waals surface area contributed by atoms with Crippen LogP contribution in [0.2, 0.25) is 0 Å². The lowest BCUT2D eigenvalue weighted by atomic mass is 10.0. The number of carboxylic acids is 1. The number of hydrogen-bond donors (Lipinski definition) is 1.